The maximum absolute atomic E-state index is 12.6. The Morgan fingerprint density at radius 3 is 2.77 bits per heavy atom. The fourth-order valence-corrected chi connectivity index (χ4v) is 3.06. The molecule has 5 heteroatoms. The molecular formula is C17H11BrO4. The number of ether oxygens (including phenoxy) is 3. The van der Waals surface area contributed by atoms with Crippen molar-refractivity contribution in [2.24, 2.45) is 0 Å². The third kappa shape index (κ3) is 2.09. The molecule has 0 bridgehead atoms. The van der Waals surface area contributed by atoms with E-state index in [1.165, 1.54) is 0 Å². The Bertz CT molecular complexity index is 810. The summed E-state index contributed by atoms with van der Waals surface area (Å²) in [5.41, 5.74) is 1.98. The normalized spacial score (nSPS) is 17.3. The van der Waals surface area contributed by atoms with Crippen LogP contribution in [0.25, 0.3) is 6.08 Å². The van der Waals surface area contributed by atoms with Crippen LogP contribution in [0.3, 0.4) is 0 Å². The maximum Gasteiger partial charge on any atom is 0.231 e. The second kappa shape index (κ2) is 5.18. The molecule has 0 unspecified atom stereocenters. The summed E-state index contributed by atoms with van der Waals surface area (Å²) in [5, 5.41) is 0. The number of halogens is 1. The second-order valence-corrected chi connectivity index (χ2v) is 5.84. The van der Waals surface area contributed by atoms with Crippen LogP contribution < -0.4 is 14.2 Å². The number of para-hydroxylation sites is 2. The van der Waals surface area contributed by atoms with Gasteiger partial charge in [-0.3, -0.25) is 4.79 Å². The van der Waals surface area contributed by atoms with Gasteiger partial charge in [-0.15, -0.1) is 0 Å². The molecular weight excluding hydrogens is 348 g/mol. The van der Waals surface area contributed by atoms with Crippen molar-refractivity contribution in [2.75, 3.05) is 13.4 Å². The summed E-state index contributed by atoms with van der Waals surface area (Å²) < 4.78 is 17.3. The van der Waals surface area contributed by atoms with E-state index < -0.39 is 0 Å². The van der Waals surface area contributed by atoms with E-state index in [0.29, 0.717) is 28.4 Å². The average Bonchev–Trinajstić information content (AvgIpc) is 3.00. The quantitative estimate of drug-likeness (QED) is 0.726. The van der Waals surface area contributed by atoms with Gasteiger partial charge < -0.3 is 14.2 Å². The first-order valence-electron chi connectivity index (χ1n) is 6.79. The first-order chi connectivity index (χ1) is 10.7. The van der Waals surface area contributed by atoms with E-state index in [0.717, 1.165) is 10.0 Å². The number of benzene rings is 2. The van der Waals surface area contributed by atoms with Gasteiger partial charge in [-0.25, -0.2) is 0 Å². The lowest BCUT2D eigenvalue weighted by Gasteiger charge is -2.20. The lowest BCUT2D eigenvalue weighted by molar-refractivity contribution is 0.100. The number of carbonyl (C=O) groups excluding carboxylic acids is 1. The summed E-state index contributed by atoms with van der Waals surface area (Å²) in [6, 6.07) is 11.1. The van der Waals surface area contributed by atoms with Crippen molar-refractivity contribution in [1.82, 2.24) is 0 Å². The van der Waals surface area contributed by atoms with Gasteiger partial charge in [-0.2, -0.15) is 0 Å². The Hall–Kier alpha value is -2.27. The molecule has 0 amide bonds. The molecule has 0 aromatic heterocycles. The van der Waals surface area contributed by atoms with Crippen molar-refractivity contribution in [2.45, 2.75) is 0 Å². The molecule has 4 nitrogen and oxygen atoms in total. The fourth-order valence-electron chi connectivity index (χ4n) is 2.58. The van der Waals surface area contributed by atoms with Gasteiger partial charge in [-0.05, 0) is 40.2 Å². The number of hydrogen-bond acceptors (Lipinski definition) is 4. The van der Waals surface area contributed by atoms with Crippen LogP contribution in [0.5, 0.6) is 17.2 Å². The number of rotatable bonds is 1. The standard InChI is InChI=1S/C17H11BrO4/c18-13-5-2-4-12-15(19)11(8-20-17(12)13)7-10-3-1-6-14-16(10)22-9-21-14/h1-7H,8-9H2. The highest BCUT2D eigenvalue weighted by Crippen LogP contribution is 2.38. The van der Waals surface area contributed by atoms with Gasteiger partial charge >= 0.3 is 0 Å². The smallest absolute Gasteiger partial charge is 0.231 e. The van der Waals surface area contributed by atoms with Crippen molar-refractivity contribution >= 4 is 27.8 Å². The van der Waals surface area contributed by atoms with E-state index in [9.17, 15) is 4.79 Å². The molecule has 0 atom stereocenters. The largest absolute Gasteiger partial charge is 0.487 e. The lowest BCUT2D eigenvalue weighted by Crippen LogP contribution is -2.19. The highest BCUT2D eigenvalue weighted by atomic mass is 79.9. The Balaban J connectivity index is 1.76. The Labute approximate surface area is 135 Å². The van der Waals surface area contributed by atoms with Crippen molar-refractivity contribution in [3.05, 3.63) is 57.6 Å². The van der Waals surface area contributed by atoms with Crippen LogP contribution in [0.15, 0.2) is 46.4 Å². The molecule has 22 heavy (non-hydrogen) atoms. The van der Waals surface area contributed by atoms with E-state index in [4.69, 9.17) is 14.2 Å². The molecule has 0 radical (unpaired) electrons. The van der Waals surface area contributed by atoms with Gasteiger partial charge in [-0.1, -0.05) is 18.2 Å². The zero-order chi connectivity index (χ0) is 15.1. The monoisotopic (exact) mass is 358 g/mol. The summed E-state index contributed by atoms with van der Waals surface area (Å²) in [6.07, 6.45) is 1.81. The summed E-state index contributed by atoms with van der Waals surface area (Å²) in [5.74, 6) is 1.94. The van der Waals surface area contributed by atoms with E-state index >= 15 is 0 Å². The topological polar surface area (TPSA) is 44.8 Å². The number of carbonyl (C=O) groups is 1. The van der Waals surface area contributed by atoms with Gasteiger partial charge in [0, 0.05) is 11.1 Å². The first-order valence-corrected chi connectivity index (χ1v) is 7.58. The number of ketones is 1. The Kier molecular flexibility index (Phi) is 3.15. The van der Waals surface area contributed by atoms with Gasteiger partial charge in [0.1, 0.15) is 12.4 Å². The van der Waals surface area contributed by atoms with Gasteiger partial charge in [0.15, 0.2) is 17.3 Å². The molecule has 0 saturated heterocycles. The number of hydrogen-bond donors (Lipinski definition) is 0. The minimum absolute atomic E-state index is 0.0286. The molecule has 110 valence electrons. The van der Waals surface area contributed by atoms with Crippen LogP contribution in [0, 0.1) is 0 Å². The van der Waals surface area contributed by atoms with Crippen LogP contribution in [-0.4, -0.2) is 19.2 Å². The zero-order valence-electron chi connectivity index (χ0n) is 11.5. The van der Waals surface area contributed by atoms with Crippen molar-refractivity contribution < 1.29 is 19.0 Å². The zero-order valence-corrected chi connectivity index (χ0v) is 13.1. The van der Waals surface area contributed by atoms with Crippen molar-refractivity contribution in [3.8, 4) is 17.2 Å². The predicted molar refractivity (Wildman–Crippen MR) is 84.5 cm³/mol. The minimum atomic E-state index is -0.0286. The van der Waals surface area contributed by atoms with Crippen molar-refractivity contribution in [3.63, 3.8) is 0 Å². The molecule has 0 fully saturated rings. The summed E-state index contributed by atoms with van der Waals surface area (Å²) in [6.45, 7) is 0.439. The predicted octanol–water partition coefficient (Wildman–Crippen LogP) is 3.84. The average molecular weight is 359 g/mol. The molecule has 0 saturated carbocycles. The molecule has 4 rings (SSSR count). The van der Waals surface area contributed by atoms with Crippen LogP contribution in [0.2, 0.25) is 0 Å². The molecule has 2 heterocycles. The first kappa shape index (κ1) is 13.4. The van der Waals surface area contributed by atoms with E-state index in [2.05, 4.69) is 15.9 Å². The van der Waals surface area contributed by atoms with Gasteiger partial charge in [0.2, 0.25) is 6.79 Å². The minimum Gasteiger partial charge on any atom is -0.487 e. The van der Waals surface area contributed by atoms with Crippen LogP contribution in [0.4, 0.5) is 0 Å². The summed E-state index contributed by atoms with van der Waals surface area (Å²) >= 11 is 3.40. The SMILES string of the molecule is O=C1C(=Cc2cccc3c2OCO3)COc2c(Br)cccc21. The Morgan fingerprint density at radius 1 is 1.00 bits per heavy atom. The molecule has 2 aromatic carbocycles. The third-order valence-corrected chi connectivity index (χ3v) is 4.26. The number of fused-ring (bicyclic) bond motifs is 2. The molecule has 0 N–H and O–H groups in total. The fraction of sp³-hybridized carbons (Fsp3) is 0.118. The van der Waals surface area contributed by atoms with E-state index in [1.807, 2.05) is 30.3 Å². The highest BCUT2D eigenvalue weighted by Gasteiger charge is 2.26. The molecule has 2 aliphatic heterocycles. The summed E-state index contributed by atoms with van der Waals surface area (Å²) in [4.78, 5) is 12.6. The number of Topliss-reactive ketones (excluding diaryl/α,β-unsaturated/α-hetero) is 1. The summed E-state index contributed by atoms with van der Waals surface area (Å²) in [7, 11) is 0. The van der Waals surface area contributed by atoms with Gasteiger partial charge in [0.05, 0.1) is 10.0 Å². The molecule has 2 aliphatic rings. The lowest BCUT2D eigenvalue weighted by atomic mass is 9.98. The van der Waals surface area contributed by atoms with E-state index in [1.54, 1.807) is 12.1 Å². The van der Waals surface area contributed by atoms with Gasteiger partial charge in [0.25, 0.3) is 0 Å². The maximum atomic E-state index is 12.6. The third-order valence-electron chi connectivity index (χ3n) is 3.63. The Morgan fingerprint density at radius 2 is 1.86 bits per heavy atom. The van der Waals surface area contributed by atoms with Crippen LogP contribution >= 0.6 is 15.9 Å². The second-order valence-electron chi connectivity index (χ2n) is 4.98. The molecule has 0 aliphatic carbocycles. The molecule has 0 spiro atoms. The van der Waals surface area contributed by atoms with E-state index in [-0.39, 0.29) is 19.2 Å². The highest BCUT2D eigenvalue weighted by molar-refractivity contribution is 9.10. The van der Waals surface area contributed by atoms with Crippen LogP contribution in [0.1, 0.15) is 15.9 Å². The van der Waals surface area contributed by atoms with Crippen LogP contribution in [-0.2, 0) is 0 Å². The van der Waals surface area contributed by atoms with Crippen molar-refractivity contribution in [1.29, 1.82) is 0 Å². The molecule has 2 aromatic rings.